The van der Waals surface area contributed by atoms with Gasteiger partial charge >= 0.3 is 0 Å². The van der Waals surface area contributed by atoms with Crippen LogP contribution in [0.4, 0.5) is 4.39 Å². The van der Waals surface area contributed by atoms with E-state index in [1.54, 1.807) is 12.1 Å². The fourth-order valence-electron chi connectivity index (χ4n) is 3.54. The van der Waals surface area contributed by atoms with Crippen LogP contribution in [0.3, 0.4) is 0 Å². The molecule has 1 aromatic rings. The maximum Gasteiger partial charge on any atom is 0.250 e. The summed E-state index contributed by atoms with van der Waals surface area (Å²) in [6.45, 7) is 4.53. The van der Waals surface area contributed by atoms with Crippen LogP contribution in [0, 0.1) is 11.7 Å². The Labute approximate surface area is 155 Å². The van der Waals surface area contributed by atoms with Crippen LogP contribution in [0.25, 0.3) is 0 Å². The van der Waals surface area contributed by atoms with Crippen molar-refractivity contribution in [1.82, 2.24) is 5.32 Å². The van der Waals surface area contributed by atoms with E-state index in [1.165, 1.54) is 12.1 Å². The number of halogens is 1. The van der Waals surface area contributed by atoms with Crippen LogP contribution in [0.5, 0.6) is 0 Å². The van der Waals surface area contributed by atoms with E-state index < -0.39 is 16.1 Å². The molecule has 2 N–H and O–H groups in total. The van der Waals surface area contributed by atoms with Crippen molar-refractivity contribution in [3.05, 3.63) is 35.6 Å². The molecule has 0 aliphatic heterocycles. The third kappa shape index (κ3) is 7.13. The lowest BCUT2D eigenvalue weighted by Crippen LogP contribution is -2.43. The SMILES string of the molecule is CC(C)(CC1CCC(=NS(C)(=O)=O)CC1)NC[C@H](O)c1cccc(F)c1. The maximum atomic E-state index is 13.3. The predicted molar refractivity (Wildman–Crippen MR) is 102 cm³/mol. The van der Waals surface area contributed by atoms with Crippen molar-refractivity contribution >= 4 is 15.7 Å². The molecule has 1 atom stereocenters. The van der Waals surface area contributed by atoms with Gasteiger partial charge < -0.3 is 10.4 Å². The van der Waals surface area contributed by atoms with Gasteiger partial charge in [0.25, 0.3) is 0 Å². The van der Waals surface area contributed by atoms with Crippen LogP contribution in [0.1, 0.15) is 57.6 Å². The molecule has 1 aliphatic rings. The lowest BCUT2D eigenvalue weighted by molar-refractivity contribution is 0.153. The number of hydrogen-bond donors (Lipinski definition) is 2. The summed E-state index contributed by atoms with van der Waals surface area (Å²) in [5.41, 5.74) is 1.16. The molecule has 0 saturated heterocycles. The van der Waals surface area contributed by atoms with Gasteiger partial charge in [-0.1, -0.05) is 12.1 Å². The smallest absolute Gasteiger partial charge is 0.250 e. The molecule has 1 aromatic carbocycles. The highest BCUT2D eigenvalue weighted by Crippen LogP contribution is 2.30. The van der Waals surface area contributed by atoms with Crippen molar-refractivity contribution in [2.75, 3.05) is 12.8 Å². The highest BCUT2D eigenvalue weighted by atomic mass is 32.2. The zero-order valence-electron chi connectivity index (χ0n) is 15.7. The van der Waals surface area contributed by atoms with Crippen molar-refractivity contribution in [2.24, 2.45) is 10.3 Å². The second kappa shape index (κ2) is 8.59. The summed E-state index contributed by atoms with van der Waals surface area (Å²) in [5.74, 6) is 0.136. The minimum absolute atomic E-state index is 0.176. The normalized spacial score (nSPS) is 20.0. The topological polar surface area (TPSA) is 78.8 Å². The van der Waals surface area contributed by atoms with Crippen LogP contribution in [-0.2, 0) is 10.0 Å². The molecule has 146 valence electrons. The van der Waals surface area contributed by atoms with Gasteiger partial charge in [-0.2, -0.15) is 4.40 Å². The number of nitrogens with zero attached hydrogens (tertiary/aromatic N) is 1. The average Bonchev–Trinajstić information content (AvgIpc) is 2.53. The fourth-order valence-corrected chi connectivity index (χ4v) is 4.19. The van der Waals surface area contributed by atoms with E-state index in [0.717, 1.165) is 44.1 Å². The van der Waals surface area contributed by atoms with Crippen molar-refractivity contribution < 1.29 is 17.9 Å². The zero-order chi connectivity index (χ0) is 19.4. The van der Waals surface area contributed by atoms with E-state index >= 15 is 0 Å². The van der Waals surface area contributed by atoms with Crippen LogP contribution >= 0.6 is 0 Å². The first kappa shape index (κ1) is 21.0. The van der Waals surface area contributed by atoms with E-state index in [-0.39, 0.29) is 11.4 Å². The molecule has 5 nitrogen and oxygen atoms in total. The number of sulfonamides is 1. The number of aliphatic hydroxyl groups is 1. The van der Waals surface area contributed by atoms with Crippen LogP contribution in [-0.4, -0.2) is 37.6 Å². The molecule has 26 heavy (non-hydrogen) atoms. The standard InChI is InChI=1S/C19H29FN2O3S/c1-19(2,21-13-18(23)15-5-4-6-16(20)11-15)12-14-7-9-17(10-8-14)22-26(3,24)25/h4-6,11,14,18,21,23H,7-10,12-13H2,1-3H3/t14?,18-/m0/s1. The van der Waals surface area contributed by atoms with Gasteiger partial charge in [0.1, 0.15) is 5.82 Å². The van der Waals surface area contributed by atoms with Crippen LogP contribution in [0.15, 0.2) is 28.7 Å². The van der Waals surface area contributed by atoms with Gasteiger partial charge in [-0.3, -0.25) is 0 Å². The molecular formula is C19H29FN2O3S. The first-order valence-electron chi connectivity index (χ1n) is 9.00. The molecule has 1 saturated carbocycles. The molecule has 0 bridgehead atoms. The molecule has 0 radical (unpaired) electrons. The zero-order valence-corrected chi connectivity index (χ0v) is 16.5. The number of nitrogens with one attached hydrogen (secondary N) is 1. The monoisotopic (exact) mass is 384 g/mol. The van der Waals surface area contributed by atoms with E-state index in [9.17, 15) is 17.9 Å². The van der Waals surface area contributed by atoms with Gasteiger partial charge in [-0.05, 0) is 69.6 Å². The van der Waals surface area contributed by atoms with E-state index in [2.05, 4.69) is 23.6 Å². The third-order valence-electron chi connectivity index (χ3n) is 4.78. The number of rotatable bonds is 7. The molecule has 0 heterocycles. The summed E-state index contributed by atoms with van der Waals surface area (Å²) in [7, 11) is -3.30. The van der Waals surface area contributed by atoms with Crippen molar-refractivity contribution in [3.8, 4) is 0 Å². The summed E-state index contributed by atoms with van der Waals surface area (Å²) in [5, 5.41) is 13.6. The number of aliphatic hydroxyl groups excluding tert-OH is 1. The maximum absolute atomic E-state index is 13.3. The molecule has 2 rings (SSSR count). The van der Waals surface area contributed by atoms with Gasteiger partial charge in [-0.25, -0.2) is 12.8 Å². The van der Waals surface area contributed by atoms with E-state index in [4.69, 9.17) is 0 Å². The summed E-state index contributed by atoms with van der Waals surface area (Å²) >= 11 is 0. The Kier molecular flexibility index (Phi) is 6.93. The van der Waals surface area contributed by atoms with E-state index in [1.807, 2.05) is 0 Å². The minimum atomic E-state index is -3.30. The van der Waals surface area contributed by atoms with Gasteiger partial charge in [0, 0.05) is 17.8 Å². The largest absolute Gasteiger partial charge is 0.387 e. The highest BCUT2D eigenvalue weighted by Gasteiger charge is 2.27. The number of β-amino-alcohol motifs (C(OH)–C–C–N with tert-alkyl or cyclic N) is 1. The Morgan fingerprint density at radius 2 is 2.00 bits per heavy atom. The number of hydrogen-bond acceptors (Lipinski definition) is 4. The Morgan fingerprint density at radius 3 is 2.58 bits per heavy atom. The first-order valence-corrected chi connectivity index (χ1v) is 10.9. The summed E-state index contributed by atoms with van der Waals surface area (Å²) in [4.78, 5) is 0. The summed E-state index contributed by atoms with van der Waals surface area (Å²) in [6.07, 6.45) is 4.58. The fraction of sp³-hybridized carbons (Fsp3) is 0.632. The van der Waals surface area contributed by atoms with Gasteiger partial charge in [-0.15, -0.1) is 0 Å². The second-order valence-corrected chi connectivity index (χ2v) is 9.52. The Balaban J connectivity index is 1.83. The quantitative estimate of drug-likeness (QED) is 0.757. The van der Waals surface area contributed by atoms with E-state index in [0.29, 0.717) is 18.0 Å². The highest BCUT2D eigenvalue weighted by molar-refractivity contribution is 7.89. The Hall–Kier alpha value is -1.31. The van der Waals surface area contributed by atoms with Crippen LogP contribution in [0.2, 0.25) is 0 Å². The van der Waals surface area contributed by atoms with Crippen molar-refractivity contribution in [3.63, 3.8) is 0 Å². The predicted octanol–water partition coefficient (Wildman–Crippen LogP) is 3.21. The summed E-state index contributed by atoms with van der Waals surface area (Å²) < 4.78 is 39.6. The molecule has 1 aliphatic carbocycles. The number of benzene rings is 1. The lowest BCUT2D eigenvalue weighted by Gasteiger charge is -2.34. The third-order valence-corrected chi connectivity index (χ3v) is 5.37. The minimum Gasteiger partial charge on any atom is -0.387 e. The molecule has 1 fully saturated rings. The first-order chi connectivity index (χ1) is 12.0. The molecule has 0 unspecified atom stereocenters. The molecule has 0 aromatic heterocycles. The molecular weight excluding hydrogens is 355 g/mol. The van der Waals surface area contributed by atoms with Crippen LogP contribution < -0.4 is 5.32 Å². The second-order valence-electron chi connectivity index (χ2n) is 7.87. The van der Waals surface area contributed by atoms with Gasteiger partial charge in [0.2, 0.25) is 10.0 Å². The molecule has 0 amide bonds. The van der Waals surface area contributed by atoms with Crippen molar-refractivity contribution in [2.45, 2.75) is 57.6 Å². The average molecular weight is 385 g/mol. The van der Waals surface area contributed by atoms with Crippen molar-refractivity contribution in [1.29, 1.82) is 0 Å². The summed E-state index contributed by atoms with van der Waals surface area (Å²) in [6, 6.07) is 6.02. The lowest BCUT2D eigenvalue weighted by atomic mass is 9.80. The molecule has 0 spiro atoms. The Bertz CT molecular complexity index is 737. The van der Waals surface area contributed by atoms with Gasteiger partial charge in [0.15, 0.2) is 0 Å². The Morgan fingerprint density at radius 1 is 1.35 bits per heavy atom. The molecule has 7 heteroatoms. The van der Waals surface area contributed by atoms with Gasteiger partial charge in [0.05, 0.1) is 12.4 Å².